The summed E-state index contributed by atoms with van der Waals surface area (Å²) in [5.74, 6) is -2.09. The maximum Gasteiger partial charge on any atom is 0.248 e. The molecular formula is C18H25F2N3O2. The zero-order valence-electron chi connectivity index (χ0n) is 14.8. The summed E-state index contributed by atoms with van der Waals surface area (Å²) in [6.45, 7) is 1.37. The first kappa shape index (κ1) is 18.0. The van der Waals surface area contributed by atoms with Gasteiger partial charge in [0.15, 0.2) is 0 Å². The van der Waals surface area contributed by atoms with E-state index in [1.807, 2.05) is 37.2 Å². The third-order valence-electron chi connectivity index (χ3n) is 4.99. The molecular weight excluding hydrogens is 328 g/mol. The van der Waals surface area contributed by atoms with E-state index in [1.165, 1.54) is 0 Å². The number of morpholine rings is 1. The number of carbonyl (C=O) groups excluding carboxylic acids is 1. The highest BCUT2D eigenvalue weighted by molar-refractivity contribution is 5.79. The fourth-order valence-corrected chi connectivity index (χ4v) is 3.44. The van der Waals surface area contributed by atoms with Gasteiger partial charge in [0, 0.05) is 39.4 Å². The van der Waals surface area contributed by atoms with E-state index in [2.05, 4.69) is 4.98 Å². The molecule has 1 atom stereocenters. The molecule has 1 saturated heterocycles. The van der Waals surface area contributed by atoms with Gasteiger partial charge in [0.05, 0.1) is 18.8 Å². The Kier molecular flexibility index (Phi) is 5.22. The number of hydrogen-bond acceptors (Lipinski definition) is 4. The van der Waals surface area contributed by atoms with Crippen LogP contribution in [0.5, 0.6) is 0 Å². The minimum atomic E-state index is -2.61. The lowest BCUT2D eigenvalue weighted by molar-refractivity contribution is -0.147. The Morgan fingerprint density at radius 3 is 2.72 bits per heavy atom. The van der Waals surface area contributed by atoms with Gasteiger partial charge in [-0.1, -0.05) is 6.07 Å². The zero-order valence-corrected chi connectivity index (χ0v) is 14.8. The Morgan fingerprint density at radius 1 is 1.32 bits per heavy atom. The van der Waals surface area contributed by atoms with Gasteiger partial charge >= 0.3 is 0 Å². The number of ether oxygens (including phenoxy) is 1. The average molecular weight is 353 g/mol. The maximum absolute atomic E-state index is 13.3. The monoisotopic (exact) mass is 353 g/mol. The minimum Gasteiger partial charge on any atom is -0.368 e. The van der Waals surface area contributed by atoms with Crippen LogP contribution in [-0.4, -0.2) is 55.5 Å². The molecule has 7 heteroatoms. The number of rotatable bonds is 3. The summed E-state index contributed by atoms with van der Waals surface area (Å²) in [6.07, 6.45) is -0.125. The van der Waals surface area contributed by atoms with E-state index in [0.29, 0.717) is 19.7 Å². The van der Waals surface area contributed by atoms with Crippen LogP contribution in [-0.2, 0) is 9.53 Å². The Morgan fingerprint density at radius 2 is 2.04 bits per heavy atom. The van der Waals surface area contributed by atoms with Crippen LogP contribution in [0.15, 0.2) is 18.2 Å². The van der Waals surface area contributed by atoms with Crippen LogP contribution in [0.4, 0.5) is 14.6 Å². The lowest BCUT2D eigenvalue weighted by Gasteiger charge is -2.36. The van der Waals surface area contributed by atoms with Crippen LogP contribution >= 0.6 is 0 Å². The number of pyridine rings is 1. The largest absolute Gasteiger partial charge is 0.368 e. The van der Waals surface area contributed by atoms with Crippen LogP contribution in [0.1, 0.15) is 37.5 Å². The average Bonchev–Trinajstić information content (AvgIpc) is 2.61. The third kappa shape index (κ3) is 4.26. The summed E-state index contributed by atoms with van der Waals surface area (Å²) in [4.78, 5) is 21.0. The quantitative estimate of drug-likeness (QED) is 0.838. The molecule has 1 aromatic rings. The van der Waals surface area contributed by atoms with Crippen molar-refractivity contribution in [2.24, 2.45) is 5.92 Å². The third-order valence-corrected chi connectivity index (χ3v) is 4.99. The molecule has 0 radical (unpaired) electrons. The molecule has 1 aliphatic carbocycles. The lowest BCUT2D eigenvalue weighted by Crippen LogP contribution is -2.46. The molecule has 0 aromatic carbocycles. The van der Waals surface area contributed by atoms with Crippen molar-refractivity contribution in [3.63, 3.8) is 0 Å². The SMILES string of the molecule is CN(C)c1cccc(C2CN(C(=O)C3CCC(F)(F)CC3)CCO2)n1. The van der Waals surface area contributed by atoms with E-state index in [4.69, 9.17) is 4.74 Å². The molecule has 2 heterocycles. The van der Waals surface area contributed by atoms with Gasteiger partial charge in [-0.2, -0.15) is 0 Å². The van der Waals surface area contributed by atoms with Gasteiger partial charge in [0.2, 0.25) is 11.8 Å². The first-order valence-corrected chi connectivity index (χ1v) is 8.78. The van der Waals surface area contributed by atoms with Crippen LogP contribution in [0, 0.1) is 5.92 Å². The molecule has 3 rings (SSSR count). The molecule has 1 unspecified atom stereocenters. The second kappa shape index (κ2) is 7.23. The van der Waals surface area contributed by atoms with E-state index in [0.717, 1.165) is 11.5 Å². The zero-order chi connectivity index (χ0) is 18.0. The fraction of sp³-hybridized carbons (Fsp3) is 0.667. The van der Waals surface area contributed by atoms with Crippen molar-refractivity contribution in [3.8, 4) is 0 Å². The van der Waals surface area contributed by atoms with E-state index in [9.17, 15) is 13.6 Å². The molecule has 1 saturated carbocycles. The number of nitrogens with zero attached hydrogens (tertiary/aromatic N) is 3. The second-order valence-corrected chi connectivity index (χ2v) is 7.09. The first-order valence-electron chi connectivity index (χ1n) is 8.78. The highest BCUT2D eigenvalue weighted by Crippen LogP contribution is 2.37. The van der Waals surface area contributed by atoms with E-state index < -0.39 is 5.92 Å². The number of amides is 1. The van der Waals surface area contributed by atoms with Crippen molar-refractivity contribution in [3.05, 3.63) is 23.9 Å². The summed E-state index contributed by atoms with van der Waals surface area (Å²) in [6, 6.07) is 5.73. The molecule has 138 valence electrons. The molecule has 0 N–H and O–H groups in total. The van der Waals surface area contributed by atoms with E-state index in [1.54, 1.807) is 4.90 Å². The number of halogens is 2. The van der Waals surface area contributed by atoms with Gasteiger partial charge in [0.1, 0.15) is 11.9 Å². The number of aromatic nitrogens is 1. The van der Waals surface area contributed by atoms with Crippen molar-refractivity contribution in [2.45, 2.75) is 37.7 Å². The molecule has 0 spiro atoms. The molecule has 1 aliphatic heterocycles. The minimum absolute atomic E-state index is 0.0208. The van der Waals surface area contributed by atoms with Gasteiger partial charge in [-0.3, -0.25) is 4.79 Å². The Bertz CT molecular complexity index is 614. The van der Waals surface area contributed by atoms with E-state index >= 15 is 0 Å². The van der Waals surface area contributed by atoms with Crippen LogP contribution < -0.4 is 4.90 Å². The predicted molar refractivity (Wildman–Crippen MR) is 90.7 cm³/mol. The van der Waals surface area contributed by atoms with Crippen LogP contribution in [0.2, 0.25) is 0 Å². The fourth-order valence-electron chi connectivity index (χ4n) is 3.44. The number of anilines is 1. The highest BCUT2D eigenvalue weighted by atomic mass is 19.3. The van der Waals surface area contributed by atoms with Crippen LogP contribution in [0.3, 0.4) is 0 Å². The second-order valence-electron chi connectivity index (χ2n) is 7.09. The molecule has 1 amide bonds. The number of hydrogen-bond donors (Lipinski definition) is 0. The molecule has 0 bridgehead atoms. The maximum atomic E-state index is 13.3. The Balaban J connectivity index is 1.65. The molecule has 5 nitrogen and oxygen atoms in total. The normalized spacial score (nSPS) is 24.2. The molecule has 2 aliphatic rings. The van der Waals surface area contributed by atoms with Gasteiger partial charge in [-0.05, 0) is 25.0 Å². The Labute approximate surface area is 147 Å². The summed E-state index contributed by atoms with van der Waals surface area (Å²) in [5, 5.41) is 0. The molecule has 1 aromatic heterocycles. The van der Waals surface area contributed by atoms with Crippen molar-refractivity contribution < 1.29 is 18.3 Å². The summed E-state index contributed by atoms with van der Waals surface area (Å²) in [5.41, 5.74) is 0.791. The van der Waals surface area contributed by atoms with Crippen molar-refractivity contribution in [1.29, 1.82) is 0 Å². The lowest BCUT2D eigenvalue weighted by atomic mass is 9.85. The summed E-state index contributed by atoms with van der Waals surface area (Å²) >= 11 is 0. The number of alkyl halides is 2. The predicted octanol–water partition coefficient (Wildman–Crippen LogP) is 2.87. The summed E-state index contributed by atoms with van der Waals surface area (Å²) in [7, 11) is 3.84. The number of carbonyl (C=O) groups is 1. The molecule has 25 heavy (non-hydrogen) atoms. The van der Waals surface area contributed by atoms with Crippen LogP contribution in [0.25, 0.3) is 0 Å². The van der Waals surface area contributed by atoms with Gasteiger partial charge in [-0.15, -0.1) is 0 Å². The highest BCUT2D eigenvalue weighted by Gasteiger charge is 2.39. The standard InChI is InChI=1S/C18H25F2N3O2/c1-22(2)16-5-3-4-14(21-16)15-12-23(10-11-25-15)17(24)13-6-8-18(19,20)9-7-13/h3-5,13,15H,6-12H2,1-2H3. The van der Waals surface area contributed by atoms with Crippen molar-refractivity contribution in [2.75, 3.05) is 38.7 Å². The first-order chi connectivity index (χ1) is 11.9. The Hall–Kier alpha value is -1.76. The van der Waals surface area contributed by atoms with Crippen molar-refractivity contribution >= 4 is 11.7 Å². The smallest absolute Gasteiger partial charge is 0.248 e. The van der Waals surface area contributed by atoms with Gasteiger partial charge in [0.25, 0.3) is 0 Å². The van der Waals surface area contributed by atoms with Gasteiger partial charge in [-0.25, -0.2) is 13.8 Å². The topological polar surface area (TPSA) is 45.7 Å². The van der Waals surface area contributed by atoms with Gasteiger partial charge < -0.3 is 14.5 Å². The molecule has 2 fully saturated rings. The summed E-state index contributed by atoms with van der Waals surface area (Å²) < 4.78 is 32.4. The van der Waals surface area contributed by atoms with Crippen molar-refractivity contribution in [1.82, 2.24) is 9.88 Å². The van der Waals surface area contributed by atoms with E-state index in [-0.39, 0.29) is 43.6 Å².